The highest BCUT2D eigenvalue weighted by atomic mass is 16.5. The number of hydrogen-bond donors (Lipinski definition) is 4. The zero-order chi connectivity index (χ0) is 21.5. The van der Waals surface area contributed by atoms with Gasteiger partial charge in [-0.25, -0.2) is 15.0 Å². The predicted octanol–water partition coefficient (Wildman–Crippen LogP) is 0.742. The Labute approximate surface area is 178 Å². The van der Waals surface area contributed by atoms with Crippen LogP contribution in [-0.2, 0) is 4.74 Å². The summed E-state index contributed by atoms with van der Waals surface area (Å²) in [5.74, 6) is 2.02. The van der Waals surface area contributed by atoms with Gasteiger partial charge in [0, 0.05) is 50.2 Å². The van der Waals surface area contributed by atoms with Crippen molar-refractivity contribution in [2.45, 2.75) is 51.9 Å². The second kappa shape index (κ2) is 10.6. The molecule has 2 unspecified atom stereocenters. The van der Waals surface area contributed by atoms with Crippen LogP contribution >= 0.6 is 0 Å². The molecule has 2 aliphatic heterocycles. The molecule has 4 N–H and O–H groups in total. The van der Waals surface area contributed by atoms with Gasteiger partial charge in [0.15, 0.2) is 0 Å². The summed E-state index contributed by atoms with van der Waals surface area (Å²) in [6.07, 6.45) is 3.18. The summed E-state index contributed by atoms with van der Waals surface area (Å²) in [4.78, 5) is 20.3. The number of hydrogen-bond acceptors (Lipinski definition) is 10. The lowest BCUT2D eigenvalue weighted by atomic mass is 10.0. The Kier molecular flexibility index (Phi) is 7.83. The van der Waals surface area contributed by atoms with Crippen LogP contribution in [0.1, 0.15) is 27.7 Å². The maximum absolute atomic E-state index is 8.38. The van der Waals surface area contributed by atoms with E-state index in [1.54, 1.807) is 19.2 Å². The van der Waals surface area contributed by atoms with Crippen LogP contribution in [-0.4, -0.2) is 89.4 Å². The van der Waals surface area contributed by atoms with Gasteiger partial charge in [-0.05, 0) is 33.8 Å². The van der Waals surface area contributed by atoms with Gasteiger partial charge in [-0.15, -0.1) is 0 Å². The summed E-state index contributed by atoms with van der Waals surface area (Å²) in [7, 11) is 0. The van der Waals surface area contributed by atoms with Crippen LogP contribution in [0.4, 0.5) is 5.82 Å². The minimum absolute atomic E-state index is 0.262. The molecule has 0 bridgehead atoms. The van der Waals surface area contributed by atoms with Crippen molar-refractivity contribution in [3.8, 4) is 0 Å². The second-order valence-corrected chi connectivity index (χ2v) is 7.71. The third-order valence-electron chi connectivity index (χ3n) is 5.20. The molecule has 2 aliphatic rings. The number of aromatic nitrogens is 2. The van der Waals surface area contributed by atoms with Crippen LogP contribution in [0, 0.1) is 5.41 Å². The zero-order valence-electron chi connectivity index (χ0n) is 18.2. The van der Waals surface area contributed by atoms with Crippen molar-refractivity contribution in [2.75, 3.05) is 38.2 Å². The highest BCUT2D eigenvalue weighted by molar-refractivity contribution is 6.11. The standard InChI is InChI=1S/C20H33N9O/c1-5-30-9-8-23-18-17(15(4)21)27-20(29-11-13(2)24-10-14(29)3)28-19(18)26-16-6-7-22-12-25-16/h6-7,12-14,17-18,21,23-24H,5,8-11H2,1-4H3,(H,22,25,26,27,28)/t13-,14+,17?,18?/m0/s1. The molecule has 0 aromatic carbocycles. The molecule has 3 rings (SSSR count). The third kappa shape index (κ3) is 5.59. The Morgan fingerprint density at radius 2 is 2.23 bits per heavy atom. The van der Waals surface area contributed by atoms with Crippen molar-refractivity contribution in [2.24, 2.45) is 9.98 Å². The van der Waals surface area contributed by atoms with E-state index >= 15 is 0 Å². The first-order valence-electron chi connectivity index (χ1n) is 10.5. The lowest BCUT2D eigenvalue weighted by molar-refractivity contribution is 0.148. The molecular formula is C20H33N9O. The maximum atomic E-state index is 8.38. The highest BCUT2D eigenvalue weighted by Crippen LogP contribution is 2.18. The minimum Gasteiger partial charge on any atom is -0.380 e. The Hall–Kier alpha value is -2.43. The van der Waals surface area contributed by atoms with E-state index < -0.39 is 0 Å². The van der Waals surface area contributed by atoms with E-state index in [1.807, 2.05) is 6.92 Å². The molecule has 1 fully saturated rings. The van der Waals surface area contributed by atoms with Crippen molar-refractivity contribution >= 4 is 23.3 Å². The molecule has 0 saturated carbocycles. The molecule has 1 saturated heterocycles. The molecule has 10 heteroatoms. The molecule has 0 radical (unpaired) electrons. The molecule has 0 spiro atoms. The molecule has 30 heavy (non-hydrogen) atoms. The van der Waals surface area contributed by atoms with Gasteiger partial charge in [0.1, 0.15) is 24.0 Å². The van der Waals surface area contributed by atoms with Gasteiger partial charge < -0.3 is 31.0 Å². The number of guanidine groups is 1. The number of rotatable bonds is 7. The summed E-state index contributed by atoms with van der Waals surface area (Å²) in [5.41, 5.74) is 0.481. The normalized spacial score (nSPS) is 26.7. The molecule has 0 amide bonds. The molecule has 3 heterocycles. The average Bonchev–Trinajstić information content (AvgIpc) is 2.74. The fraction of sp³-hybridized carbons (Fsp3) is 0.650. The monoisotopic (exact) mass is 415 g/mol. The fourth-order valence-electron chi connectivity index (χ4n) is 3.58. The largest absolute Gasteiger partial charge is 0.380 e. The molecule has 1 aromatic heterocycles. The Morgan fingerprint density at radius 3 is 2.93 bits per heavy atom. The van der Waals surface area contributed by atoms with Crippen LogP contribution in [0.3, 0.4) is 0 Å². The van der Waals surface area contributed by atoms with E-state index in [-0.39, 0.29) is 18.1 Å². The third-order valence-corrected chi connectivity index (χ3v) is 5.20. The Morgan fingerprint density at radius 1 is 1.40 bits per heavy atom. The van der Waals surface area contributed by atoms with Crippen LogP contribution < -0.4 is 16.0 Å². The van der Waals surface area contributed by atoms with E-state index in [1.165, 1.54) is 6.33 Å². The van der Waals surface area contributed by atoms with Gasteiger partial charge in [0.25, 0.3) is 0 Å². The van der Waals surface area contributed by atoms with Gasteiger partial charge in [-0.1, -0.05) is 0 Å². The highest BCUT2D eigenvalue weighted by Gasteiger charge is 2.35. The number of ether oxygens (including phenoxy) is 1. The first kappa shape index (κ1) is 22.3. The zero-order valence-corrected chi connectivity index (χ0v) is 18.2. The number of nitrogens with zero attached hydrogens (tertiary/aromatic N) is 5. The lowest BCUT2D eigenvalue weighted by Crippen LogP contribution is -2.59. The SMILES string of the molecule is CCOCCNC1C(Nc2ccncn2)=NC(N2C[C@H](C)NC[C@H]2C)=NC1C(C)=N. The predicted molar refractivity (Wildman–Crippen MR) is 120 cm³/mol. The molecule has 4 atom stereocenters. The summed E-state index contributed by atoms with van der Waals surface area (Å²) >= 11 is 0. The summed E-state index contributed by atoms with van der Waals surface area (Å²) in [6, 6.07) is 1.78. The van der Waals surface area contributed by atoms with Gasteiger partial charge in [0.2, 0.25) is 5.96 Å². The van der Waals surface area contributed by atoms with Gasteiger partial charge in [-0.3, -0.25) is 0 Å². The molecule has 0 aliphatic carbocycles. The van der Waals surface area contributed by atoms with Gasteiger partial charge in [-0.2, -0.15) is 4.99 Å². The number of nitrogens with one attached hydrogen (secondary N) is 4. The minimum atomic E-state index is -0.360. The van der Waals surface area contributed by atoms with Crippen LogP contribution in [0.25, 0.3) is 0 Å². The number of piperazine rings is 1. The Balaban J connectivity index is 1.90. The second-order valence-electron chi connectivity index (χ2n) is 7.71. The van der Waals surface area contributed by atoms with Crippen molar-refractivity contribution in [3.05, 3.63) is 18.6 Å². The topological polar surface area (TPSA) is 123 Å². The first-order chi connectivity index (χ1) is 14.5. The molecule has 164 valence electrons. The maximum Gasteiger partial charge on any atom is 0.223 e. The Bertz CT molecular complexity index is 767. The average molecular weight is 416 g/mol. The molecule has 1 aromatic rings. The van der Waals surface area contributed by atoms with E-state index in [4.69, 9.17) is 20.1 Å². The number of anilines is 1. The van der Waals surface area contributed by atoms with Gasteiger partial charge >= 0.3 is 0 Å². The first-order valence-corrected chi connectivity index (χ1v) is 10.5. The van der Waals surface area contributed by atoms with E-state index in [2.05, 4.69) is 44.7 Å². The van der Waals surface area contributed by atoms with Crippen LogP contribution in [0.5, 0.6) is 0 Å². The number of aliphatic imine (C=N–C) groups is 2. The van der Waals surface area contributed by atoms with Crippen molar-refractivity contribution in [3.63, 3.8) is 0 Å². The van der Waals surface area contributed by atoms with Gasteiger partial charge in [0.05, 0.1) is 12.6 Å². The van der Waals surface area contributed by atoms with E-state index in [0.717, 1.165) is 13.1 Å². The molecular weight excluding hydrogens is 382 g/mol. The quantitative estimate of drug-likeness (QED) is 0.383. The van der Waals surface area contributed by atoms with Crippen LogP contribution in [0.2, 0.25) is 0 Å². The smallest absolute Gasteiger partial charge is 0.223 e. The van der Waals surface area contributed by atoms with Crippen LogP contribution in [0.15, 0.2) is 28.6 Å². The summed E-state index contributed by atoms with van der Waals surface area (Å²) < 4.78 is 5.47. The molecule has 10 nitrogen and oxygen atoms in total. The van der Waals surface area contributed by atoms with E-state index in [9.17, 15) is 0 Å². The van der Waals surface area contributed by atoms with Crippen molar-refractivity contribution < 1.29 is 4.74 Å². The van der Waals surface area contributed by atoms with Crippen molar-refractivity contribution in [1.29, 1.82) is 5.41 Å². The summed E-state index contributed by atoms with van der Waals surface area (Å²) in [6.45, 7) is 11.7. The van der Waals surface area contributed by atoms with E-state index in [0.29, 0.717) is 49.1 Å². The fourth-order valence-corrected chi connectivity index (χ4v) is 3.58. The summed E-state index contributed by atoms with van der Waals surface area (Å²) in [5, 5.41) is 18.7. The van der Waals surface area contributed by atoms with Crippen molar-refractivity contribution in [1.82, 2.24) is 25.5 Å². The number of amidine groups is 1. The lowest BCUT2D eigenvalue weighted by Gasteiger charge is -2.40.